The van der Waals surface area contributed by atoms with Gasteiger partial charge >= 0.3 is 0 Å². The van der Waals surface area contributed by atoms with Crippen LogP contribution < -0.4 is 4.74 Å². The lowest BCUT2D eigenvalue weighted by atomic mass is 10.0. The second-order valence-electron chi connectivity index (χ2n) is 5.62. The van der Waals surface area contributed by atoms with Gasteiger partial charge in [0.25, 0.3) is 5.58 Å². The summed E-state index contributed by atoms with van der Waals surface area (Å²) in [6.07, 6.45) is 5.60. The minimum atomic E-state index is 0.724. The number of ether oxygens (including phenoxy) is 1. The van der Waals surface area contributed by atoms with E-state index in [2.05, 4.69) is 37.3 Å². The molecule has 0 aliphatic rings. The molecule has 0 saturated heterocycles. The van der Waals surface area contributed by atoms with E-state index in [0.29, 0.717) is 0 Å². The van der Waals surface area contributed by atoms with Gasteiger partial charge < -0.3 is 4.74 Å². The minimum Gasteiger partial charge on any atom is -0.489 e. The molecule has 0 aliphatic heterocycles. The monoisotopic (exact) mass is 298 g/mol. The quantitative estimate of drug-likeness (QED) is 0.402. The molecule has 2 aromatic carbocycles. The molecule has 3 aromatic rings. The topological polar surface area (TPSA) is 35.5 Å². The number of unbranched alkanes of at least 4 members (excludes halogenated alkanes) is 3. The van der Waals surface area contributed by atoms with E-state index in [0.717, 1.165) is 41.9 Å². The van der Waals surface area contributed by atoms with Crippen molar-refractivity contribution in [2.75, 3.05) is 6.61 Å². The van der Waals surface area contributed by atoms with Crippen LogP contribution in [-0.2, 0) is 6.42 Å². The highest BCUT2D eigenvalue weighted by Gasteiger charge is 2.17. The average molecular weight is 298 g/mol. The largest absolute Gasteiger partial charge is 0.489 e. The van der Waals surface area contributed by atoms with Crippen molar-refractivity contribution in [2.24, 2.45) is 0 Å². The van der Waals surface area contributed by atoms with Crippen molar-refractivity contribution in [3.63, 3.8) is 0 Å². The van der Waals surface area contributed by atoms with Gasteiger partial charge in [-0.1, -0.05) is 62.6 Å². The molecule has 0 bridgehead atoms. The van der Waals surface area contributed by atoms with E-state index in [1.165, 1.54) is 24.8 Å². The second kappa shape index (κ2) is 7.21. The molecule has 0 N–H and O–H groups in total. The van der Waals surface area contributed by atoms with Crippen LogP contribution in [-0.4, -0.2) is 6.61 Å². The van der Waals surface area contributed by atoms with Crippen LogP contribution in [0.1, 0.15) is 43.7 Å². The van der Waals surface area contributed by atoms with Gasteiger partial charge in [-0.15, -0.1) is 0 Å². The van der Waals surface area contributed by atoms with Crippen LogP contribution in [0.15, 0.2) is 51.6 Å². The third-order valence-corrected chi connectivity index (χ3v) is 3.85. The number of hydrogen-bond donors (Lipinski definition) is 0. The minimum absolute atomic E-state index is 0.724. The van der Waals surface area contributed by atoms with E-state index in [1.54, 1.807) is 0 Å². The molecule has 1 heterocycles. The van der Waals surface area contributed by atoms with E-state index >= 15 is 0 Å². The van der Waals surface area contributed by atoms with Crippen molar-refractivity contribution >= 4 is 11.2 Å². The first-order valence-electron chi connectivity index (χ1n) is 8.05. The first-order chi connectivity index (χ1) is 10.9. The molecule has 0 saturated carbocycles. The van der Waals surface area contributed by atoms with Crippen LogP contribution in [0.5, 0.6) is 5.75 Å². The Bertz CT molecular complexity index is 694. The van der Waals surface area contributed by atoms with Crippen LogP contribution in [0.25, 0.3) is 11.2 Å². The van der Waals surface area contributed by atoms with E-state index in [4.69, 9.17) is 13.9 Å². The Morgan fingerprint density at radius 3 is 2.50 bits per heavy atom. The first kappa shape index (κ1) is 14.8. The Morgan fingerprint density at radius 2 is 1.77 bits per heavy atom. The molecular formula is C19H22O3. The number of rotatable bonds is 8. The molecule has 0 aliphatic carbocycles. The highest BCUT2D eigenvalue weighted by atomic mass is 17.0. The Hall–Kier alpha value is -2.16. The lowest BCUT2D eigenvalue weighted by molar-refractivity contribution is 0.0555. The van der Waals surface area contributed by atoms with Gasteiger partial charge in [-0.05, 0) is 18.1 Å². The molecular weight excluding hydrogens is 276 g/mol. The molecule has 0 amide bonds. The molecule has 0 unspecified atom stereocenters. The van der Waals surface area contributed by atoms with Gasteiger partial charge in [0.1, 0.15) is 0 Å². The van der Waals surface area contributed by atoms with Crippen molar-refractivity contribution in [1.29, 1.82) is 0 Å². The number of hydrogen-bond acceptors (Lipinski definition) is 3. The smallest absolute Gasteiger partial charge is 0.267 e. The predicted molar refractivity (Wildman–Crippen MR) is 87.4 cm³/mol. The Kier molecular flexibility index (Phi) is 4.84. The van der Waals surface area contributed by atoms with Crippen LogP contribution in [0.3, 0.4) is 0 Å². The maximum atomic E-state index is 6.01. The van der Waals surface area contributed by atoms with Crippen molar-refractivity contribution < 1.29 is 13.9 Å². The summed E-state index contributed by atoms with van der Waals surface area (Å²) in [5.74, 6) is 0.837. The van der Waals surface area contributed by atoms with Gasteiger partial charge in [-0.25, -0.2) is 0 Å². The summed E-state index contributed by atoms with van der Waals surface area (Å²) in [5, 5.41) is 0. The molecule has 0 atom stereocenters. The fourth-order valence-corrected chi connectivity index (χ4v) is 2.60. The van der Waals surface area contributed by atoms with Crippen molar-refractivity contribution in [3.05, 3.63) is 53.6 Å². The molecule has 22 heavy (non-hydrogen) atoms. The third kappa shape index (κ3) is 3.35. The molecule has 1 aromatic heterocycles. The normalized spacial score (nSPS) is 11.1. The van der Waals surface area contributed by atoms with E-state index in [1.807, 2.05) is 12.1 Å². The summed E-state index contributed by atoms with van der Waals surface area (Å²) >= 11 is 0. The highest BCUT2D eigenvalue weighted by molar-refractivity contribution is 5.79. The summed E-state index contributed by atoms with van der Waals surface area (Å²) in [4.78, 5) is 0. The van der Waals surface area contributed by atoms with Crippen molar-refractivity contribution in [1.82, 2.24) is 0 Å². The molecule has 0 spiro atoms. The summed E-state index contributed by atoms with van der Waals surface area (Å²) in [7, 11) is 0. The maximum Gasteiger partial charge on any atom is 0.267 e. The van der Waals surface area contributed by atoms with E-state index in [9.17, 15) is 0 Å². The fourth-order valence-electron chi connectivity index (χ4n) is 2.60. The van der Waals surface area contributed by atoms with Gasteiger partial charge in [-0.2, -0.15) is 0 Å². The lowest BCUT2D eigenvalue weighted by Gasteiger charge is -2.13. The Labute approximate surface area is 130 Å². The molecule has 116 valence electrons. The summed E-state index contributed by atoms with van der Waals surface area (Å²) in [6, 6.07) is 14.4. The Morgan fingerprint density at radius 1 is 0.909 bits per heavy atom. The summed E-state index contributed by atoms with van der Waals surface area (Å²) in [5.41, 5.74) is 3.91. The fraction of sp³-hybridized carbons (Fsp3) is 0.368. The van der Waals surface area contributed by atoms with E-state index < -0.39 is 0 Å². The molecule has 3 heteroatoms. The van der Waals surface area contributed by atoms with Crippen LogP contribution in [0.2, 0.25) is 0 Å². The molecule has 0 radical (unpaired) electrons. The molecule has 0 fully saturated rings. The number of benzene rings is 2. The van der Waals surface area contributed by atoms with Crippen LogP contribution in [0.4, 0.5) is 0 Å². The van der Waals surface area contributed by atoms with Crippen molar-refractivity contribution in [3.8, 4) is 5.75 Å². The second-order valence-corrected chi connectivity index (χ2v) is 5.62. The van der Waals surface area contributed by atoms with Gasteiger partial charge in [0.05, 0.1) is 6.61 Å². The van der Waals surface area contributed by atoms with Gasteiger partial charge in [0, 0.05) is 12.0 Å². The van der Waals surface area contributed by atoms with Gasteiger partial charge in [-0.3, -0.25) is 9.15 Å². The molecule has 3 nitrogen and oxygen atoms in total. The average Bonchev–Trinajstić information content (AvgIpc) is 2.51. The lowest BCUT2D eigenvalue weighted by Crippen LogP contribution is -2.02. The Balaban J connectivity index is 1.73. The molecule has 3 rings (SSSR count). The third-order valence-electron chi connectivity index (χ3n) is 3.85. The maximum absolute atomic E-state index is 6.01. The predicted octanol–water partition coefficient (Wildman–Crippen LogP) is 5.58. The zero-order chi connectivity index (χ0) is 15.2. The van der Waals surface area contributed by atoms with Crippen LogP contribution >= 0.6 is 0 Å². The zero-order valence-corrected chi connectivity index (χ0v) is 13.0. The number of fused-ring (bicyclic) bond motifs is 1. The van der Waals surface area contributed by atoms with Crippen LogP contribution in [0, 0.1) is 0 Å². The van der Waals surface area contributed by atoms with Gasteiger partial charge in [0.15, 0.2) is 5.75 Å². The first-order valence-corrected chi connectivity index (χ1v) is 8.05. The summed E-state index contributed by atoms with van der Waals surface area (Å²) in [6.45, 7) is 2.94. The van der Waals surface area contributed by atoms with Gasteiger partial charge in [0.2, 0.25) is 5.58 Å². The van der Waals surface area contributed by atoms with E-state index in [-0.39, 0.29) is 0 Å². The zero-order valence-electron chi connectivity index (χ0n) is 13.0. The van der Waals surface area contributed by atoms with Crippen molar-refractivity contribution in [2.45, 2.75) is 39.0 Å². The standard InChI is InChI=1S/C19H22O3/c1-2-3-4-8-13-20-18-16(11-12-17-19(18)22-21-17)14-15-9-6-5-7-10-15/h5-7,9-12H,2-4,8,13-14H2,1H3. The summed E-state index contributed by atoms with van der Waals surface area (Å²) < 4.78 is 16.1. The SMILES string of the molecule is CCCCCCOc1c(Cc2ccccc2)ccc2ooc12. The highest BCUT2D eigenvalue weighted by Crippen LogP contribution is 2.34.